The average molecular weight is 249 g/mol. The van der Waals surface area contributed by atoms with Crippen molar-refractivity contribution in [1.82, 2.24) is 4.90 Å². The highest BCUT2D eigenvalue weighted by atomic mass is 16.2. The first kappa shape index (κ1) is 12.0. The minimum absolute atomic E-state index is 0.0852. The summed E-state index contributed by atoms with van der Waals surface area (Å²) in [6, 6.07) is 0.330. The molecule has 2 aliphatic carbocycles. The fraction of sp³-hybridized carbons (Fsp3) is 0.857. The molecule has 1 spiro atoms. The molecule has 0 aromatic carbocycles. The van der Waals surface area contributed by atoms with Crippen LogP contribution >= 0.6 is 0 Å². The number of urea groups is 1. The van der Waals surface area contributed by atoms with E-state index in [1.807, 2.05) is 4.90 Å². The first-order chi connectivity index (χ1) is 8.54. The molecule has 0 bridgehead atoms. The number of carbonyl (C=O) groups is 1. The lowest BCUT2D eigenvalue weighted by molar-refractivity contribution is 0.109. The quantitative estimate of drug-likeness (QED) is 0.817. The SMILES string of the molecule is CC(C)C1CCC2(CC1)C(N)=NC(=O)N2C1CC1. The van der Waals surface area contributed by atoms with Crippen LogP contribution in [-0.2, 0) is 0 Å². The van der Waals surface area contributed by atoms with Gasteiger partial charge in [-0.3, -0.25) is 0 Å². The normalized spacial score (nSPS) is 36.6. The van der Waals surface area contributed by atoms with Gasteiger partial charge in [-0.15, -0.1) is 0 Å². The van der Waals surface area contributed by atoms with Crippen molar-refractivity contribution >= 4 is 11.9 Å². The molecule has 1 aliphatic heterocycles. The fourth-order valence-corrected chi connectivity index (χ4v) is 3.69. The minimum Gasteiger partial charge on any atom is -0.385 e. The summed E-state index contributed by atoms with van der Waals surface area (Å²) in [4.78, 5) is 18.1. The summed E-state index contributed by atoms with van der Waals surface area (Å²) in [5.74, 6) is 2.09. The molecule has 4 heteroatoms. The van der Waals surface area contributed by atoms with Crippen LogP contribution in [0.3, 0.4) is 0 Å². The second-order valence-electron chi connectivity index (χ2n) is 6.49. The van der Waals surface area contributed by atoms with Crippen LogP contribution in [0.1, 0.15) is 52.4 Å². The van der Waals surface area contributed by atoms with Crippen molar-refractivity contribution in [3.63, 3.8) is 0 Å². The molecule has 2 saturated carbocycles. The van der Waals surface area contributed by atoms with Crippen LogP contribution < -0.4 is 5.73 Å². The number of hydrogen-bond acceptors (Lipinski definition) is 2. The van der Waals surface area contributed by atoms with E-state index in [2.05, 4.69) is 18.8 Å². The zero-order chi connectivity index (χ0) is 12.9. The van der Waals surface area contributed by atoms with Gasteiger partial charge in [-0.05, 0) is 50.4 Å². The van der Waals surface area contributed by atoms with Gasteiger partial charge >= 0.3 is 6.03 Å². The van der Waals surface area contributed by atoms with E-state index in [1.54, 1.807) is 0 Å². The summed E-state index contributed by atoms with van der Waals surface area (Å²) in [6.07, 6.45) is 6.61. The Bertz CT molecular complexity index is 390. The standard InChI is InChI=1S/C14H23N3O/c1-9(2)10-5-7-14(8-6-10)12(15)16-13(18)17(14)11-3-4-11/h9-11H,3-8H2,1-2H3,(H2,15,16,18). The first-order valence-electron chi connectivity index (χ1n) is 7.22. The van der Waals surface area contributed by atoms with E-state index in [4.69, 9.17) is 5.73 Å². The Balaban J connectivity index is 1.81. The average Bonchev–Trinajstić information content (AvgIpc) is 3.10. The van der Waals surface area contributed by atoms with E-state index in [-0.39, 0.29) is 11.6 Å². The van der Waals surface area contributed by atoms with Gasteiger partial charge in [0.15, 0.2) is 0 Å². The Morgan fingerprint density at radius 1 is 1.28 bits per heavy atom. The third-order valence-corrected chi connectivity index (χ3v) is 5.07. The lowest BCUT2D eigenvalue weighted by atomic mass is 9.72. The lowest BCUT2D eigenvalue weighted by Gasteiger charge is -2.44. The van der Waals surface area contributed by atoms with Crippen molar-refractivity contribution in [3.8, 4) is 0 Å². The van der Waals surface area contributed by atoms with E-state index in [9.17, 15) is 4.79 Å². The van der Waals surface area contributed by atoms with Crippen molar-refractivity contribution in [2.75, 3.05) is 0 Å². The van der Waals surface area contributed by atoms with Crippen molar-refractivity contribution in [2.45, 2.75) is 64.0 Å². The summed E-state index contributed by atoms with van der Waals surface area (Å²) >= 11 is 0. The van der Waals surface area contributed by atoms with Gasteiger partial charge in [0.25, 0.3) is 0 Å². The van der Waals surface area contributed by atoms with Crippen LogP contribution in [0.2, 0.25) is 0 Å². The van der Waals surface area contributed by atoms with Crippen molar-refractivity contribution in [2.24, 2.45) is 22.6 Å². The maximum atomic E-state index is 12.0. The number of carbonyl (C=O) groups excluding carboxylic acids is 1. The van der Waals surface area contributed by atoms with Gasteiger partial charge in [0.1, 0.15) is 11.4 Å². The molecule has 3 rings (SSSR count). The molecule has 100 valence electrons. The van der Waals surface area contributed by atoms with Crippen LogP contribution in [0.15, 0.2) is 4.99 Å². The summed E-state index contributed by atoms with van der Waals surface area (Å²) in [5.41, 5.74) is 5.88. The topological polar surface area (TPSA) is 58.7 Å². The highest BCUT2D eigenvalue weighted by Gasteiger charge is 2.54. The molecule has 18 heavy (non-hydrogen) atoms. The van der Waals surface area contributed by atoms with Crippen LogP contribution in [0.4, 0.5) is 4.79 Å². The Hall–Kier alpha value is -1.06. The molecule has 0 radical (unpaired) electrons. The molecule has 3 aliphatic rings. The molecule has 2 amide bonds. The third kappa shape index (κ3) is 1.65. The van der Waals surface area contributed by atoms with Crippen LogP contribution in [0.5, 0.6) is 0 Å². The van der Waals surface area contributed by atoms with Gasteiger partial charge in [-0.25, -0.2) is 4.79 Å². The van der Waals surface area contributed by atoms with Gasteiger partial charge < -0.3 is 10.6 Å². The van der Waals surface area contributed by atoms with Gasteiger partial charge in [0.2, 0.25) is 0 Å². The minimum atomic E-state index is -0.219. The fourth-order valence-electron chi connectivity index (χ4n) is 3.69. The maximum absolute atomic E-state index is 12.0. The van der Waals surface area contributed by atoms with Crippen LogP contribution in [-0.4, -0.2) is 28.3 Å². The zero-order valence-electron chi connectivity index (χ0n) is 11.4. The first-order valence-corrected chi connectivity index (χ1v) is 7.22. The molecule has 0 unspecified atom stereocenters. The van der Waals surface area contributed by atoms with E-state index < -0.39 is 0 Å². The van der Waals surface area contributed by atoms with Crippen molar-refractivity contribution in [1.29, 1.82) is 0 Å². The second kappa shape index (κ2) is 3.97. The van der Waals surface area contributed by atoms with Crippen molar-refractivity contribution < 1.29 is 4.79 Å². The van der Waals surface area contributed by atoms with E-state index >= 15 is 0 Å². The van der Waals surface area contributed by atoms with Crippen LogP contribution in [0, 0.1) is 11.8 Å². The molecule has 4 nitrogen and oxygen atoms in total. The molecular formula is C14H23N3O. The Morgan fingerprint density at radius 3 is 2.39 bits per heavy atom. The van der Waals surface area contributed by atoms with Crippen LogP contribution in [0.25, 0.3) is 0 Å². The maximum Gasteiger partial charge on any atom is 0.346 e. The van der Waals surface area contributed by atoms with E-state index in [0.717, 1.165) is 37.5 Å². The van der Waals surface area contributed by atoms with E-state index in [1.165, 1.54) is 12.8 Å². The van der Waals surface area contributed by atoms with Gasteiger partial charge in [0, 0.05) is 6.04 Å². The van der Waals surface area contributed by atoms with Gasteiger partial charge in [-0.2, -0.15) is 4.99 Å². The predicted octanol–water partition coefficient (Wildman–Crippen LogP) is 2.53. The molecular weight excluding hydrogens is 226 g/mol. The molecule has 1 heterocycles. The third-order valence-electron chi connectivity index (χ3n) is 5.07. The van der Waals surface area contributed by atoms with E-state index in [0.29, 0.717) is 11.9 Å². The lowest BCUT2D eigenvalue weighted by Crippen LogP contribution is -2.57. The largest absolute Gasteiger partial charge is 0.385 e. The summed E-state index contributed by atoms with van der Waals surface area (Å²) in [5, 5.41) is 0. The number of hydrogen-bond donors (Lipinski definition) is 1. The summed E-state index contributed by atoms with van der Waals surface area (Å²) in [7, 11) is 0. The molecule has 0 saturated heterocycles. The molecule has 0 aromatic heterocycles. The summed E-state index contributed by atoms with van der Waals surface area (Å²) < 4.78 is 0. The molecule has 0 aromatic rings. The molecule has 2 N–H and O–H groups in total. The number of amides is 2. The zero-order valence-corrected chi connectivity index (χ0v) is 11.4. The summed E-state index contributed by atoms with van der Waals surface area (Å²) in [6.45, 7) is 4.58. The smallest absolute Gasteiger partial charge is 0.346 e. The predicted molar refractivity (Wildman–Crippen MR) is 71.4 cm³/mol. The van der Waals surface area contributed by atoms with Gasteiger partial charge in [0.05, 0.1) is 0 Å². The Labute approximate surface area is 109 Å². The highest BCUT2D eigenvalue weighted by molar-refractivity contribution is 6.06. The number of aliphatic imine (C=N–C) groups is 1. The van der Waals surface area contributed by atoms with Crippen molar-refractivity contribution in [3.05, 3.63) is 0 Å². The molecule has 2 fully saturated rings. The Kier molecular flexibility index (Phi) is 2.65. The number of rotatable bonds is 2. The van der Waals surface area contributed by atoms with Gasteiger partial charge in [-0.1, -0.05) is 13.8 Å². The Morgan fingerprint density at radius 2 is 1.89 bits per heavy atom. The number of nitrogens with zero attached hydrogens (tertiary/aromatic N) is 2. The molecule has 0 atom stereocenters. The number of amidine groups is 1. The number of nitrogens with two attached hydrogens (primary N) is 1. The monoisotopic (exact) mass is 249 g/mol. The second-order valence-corrected chi connectivity index (χ2v) is 6.49. The highest BCUT2D eigenvalue weighted by Crippen LogP contribution is 2.46.